The highest BCUT2D eigenvalue weighted by Gasteiger charge is 2.20. The minimum Gasteiger partial charge on any atom is -0.350 e. The Morgan fingerprint density at radius 2 is 1.83 bits per heavy atom. The number of anilines is 1. The fourth-order valence-electron chi connectivity index (χ4n) is 3.01. The van der Waals surface area contributed by atoms with Gasteiger partial charge in [0.25, 0.3) is 5.95 Å². The third-order valence-corrected chi connectivity index (χ3v) is 4.25. The number of likely N-dealkylation sites (N-methyl/N-ethyl adjacent to an activating group) is 1. The molecule has 0 aromatic carbocycles. The van der Waals surface area contributed by atoms with Crippen molar-refractivity contribution < 1.29 is 4.79 Å². The zero-order valence-corrected chi connectivity index (χ0v) is 14.8. The Morgan fingerprint density at radius 3 is 2.46 bits per heavy atom. The molecule has 0 radical (unpaired) electrons. The third-order valence-electron chi connectivity index (χ3n) is 4.25. The molecule has 3 rings (SSSR count). The van der Waals surface area contributed by atoms with Gasteiger partial charge < -0.3 is 9.80 Å². The van der Waals surface area contributed by atoms with Crippen molar-refractivity contribution >= 4 is 11.7 Å². The van der Waals surface area contributed by atoms with Crippen molar-refractivity contribution in [3.05, 3.63) is 29.2 Å². The highest BCUT2D eigenvalue weighted by atomic mass is 16.2. The van der Waals surface area contributed by atoms with Gasteiger partial charge in [0.1, 0.15) is 5.82 Å². The fourth-order valence-corrected chi connectivity index (χ4v) is 3.01. The molecule has 1 amide bonds. The lowest BCUT2D eigenvalue weighted by Crippen LogP contribution is -2.37. The molecule has 1 aliphatic heterocycles. The average Bonchev–Trinajstić information content (AvgIpc) is 3.16. The summed E-state index contributed by atoms with van der Waals surface area (Å²) in [4.78, 5) is 25.2. The lowest BCUT2D eigenvalue weighted by Gasteiger charge is -2.22. The van der Waals surface area contributed by atoms with Gasteiger partial charge in [-0.3, -0.25) is 4.79 Å². The number of carbonyl (C=O) groups is 1. The van der Waals surface area contributed by atoms with Crippen molar-refractivity contribution in [1.29, 1.82) is 0 Å². The van der Waals surface area contributed by atoms with E-state index in [9.17, 15) is 4.79 Å². The normalized spacial score (nSPS) is 14.2. The molecular formula is C17H24N6O. The minimum absolute atomic E-state index is 0.152. The number of carbonyl (C=O) groups excluding carboxylic acids is 1. The number of nitrogens with zero attached hydrogens (tertiary/aromatic N) is 6. The summed E-state index contributed by atoms with van der Waals surface area (Å²) < 4.78 is 1.74. The molecule has 24 heavy (non-hydrogen) atoms. The standard InChI is InChI=1S/C17H24N6O/c1-12-10-15(21(4)11-16(24)22-7-5-6-8-22)19-17(18-12)23-14(3)9-13(2)20-23/h9-10H,5-8,11H2,1-4H3. The molecule has 0 aliphatic carbocycles. The van der Waals surface area contributed by atoms with Crippen LogP contribution < -0.4 is 4.90 Å². The smallest absolute Gasteiger partial charge is 0.252 e. The van der Waals surface area contributed by atoms with Gasteiger partial charge in [-0.15, -0.1) is 0 Å². The Balaban J connectivity index is 1.82. The van der Waals surface area contributed by atoms with Crippen LogP contribution in [-0.4, -0.2) is 57.2 Å². The van der Waals surface area contributed by atoms with Crippen molar-refractivity contribution in [2.75, 3.05) is 31.6 Å². The third kappa shape index (κ3) is 3.39. The summed E-state index contributed by atoms with van der Waals surface area (Å²) in [5.74, 6) is 1.42. The van der Waals surface area contributed by atoms with Crippen LogP contribution in [0, 0.1) is 20.8 Å². The van der Waals surface area contributed by atoms with Crippen molar-refractivity contribution in [2.24, 2.45) is 0 Å². The quantitative estimate of drug-likeness (QED) is 0.854. The molecule has 2 aromatic heterocycles. The lowest BCUT2D eigenvalue weighted by molar-refractivity contribution is -0.128. The summed E-state index contributed by atoms with van der Waals surface area (Å²) >= 11 is 0. The van der Waals surface area contributed by atoms with Gasteiger partial charge in [0.15, 0.2) is 0 Å². The molecule has 0 unspecified atom stereocenters. The molecule has 128 valence electrons. The molecule has 1 aliphatic rings. The SMILES string of the molecule is Cc1cc(N(C)CC(=O)N2CCCC2)nc(-n2nc(C)cc2C)n1. The zero-order chi connectivity index (χ0) is 17.3. The maximum atomic E-state index is 12.3. The molecule has 3 heterocycles. The van der Waals surface area contributed by atoms with E-state index in [1.165, 1.54) is 0 Å². The molecule has 7 nitrogen and oxygen atoms in total. The van der Waals surface area contributed by atoms with E-state index in [1.807, 2.05) is 49.8 Å². The first kappa shape index (κ1) is 16.4. The molecule has 7 heteroatoms. The predicted molar refractivity (Wildman–Crippen MR) is 92.4 cm³/mol. The van der Waals surface area contributed by atoms with E-state index in [2.05, 4.69) is 15.1 Å². The second kappa shape index (κ2) is 6.59. The number of amides is 1. The van der Waals surface area contributed by atoms with Gasteiger partial charge >= 0.3 is 0 Å². The van der Waals surface area contributed by atoms with Crippen molar-refractivity contribution in [3.63, 3.8) is 0 Å². The van der Waals surface area contributed by atoms with E-state index in [-0.39, 0.29) is 5.91 Å². The van der Waals surface area contributed by atoms with Crippen LogP contribution >= 0.6 is 0 Å². The van der Waals surface area contributed by atoms with Crippen LogP contribution in [0.2, 0.25) is 0 Å². The van der Waals surface area contributed by atoms with Crippen LogP contribution in [-0.2, 0) is 4.79 Å². The minimum atomic E-state index is 0.152. The molecule has 2 aromatic rings. The zero-order valence-electron chi connectivity index (χ0n) is 14.8. The Hall–Kier alpha value is -2.44. The number of rotatable bonds is 4. The molecule has 0 atom stereocenters. The number of likely N-dealkylation sites (tertiary alicyclic amines) is 1. The molecule has 0 bridgehead atoms. The van der Waals surface area contributed by atoms with E-state index in [1.54, 1.807) is 4.68 Å². The van der Waals surface area contributed by atoms with Crippen LogP contribution in [0.3, 0.4) is 0 Å². The molecule has 1 fully saturated rings. The van der Waals surface area contributed by atoms with Crippen LogP contribution in [0.1, 0.15) is 29.9 Å². The summed E-state index contributed by atoms with van der Waals surface area (Å²) in [6, 6.07) is 3.89. The van der Waals surface area contributed by atoms with E-state index >= 15 is 0 Å². The summed E-state index contributed by atoms with van der Waals surface area (Å²) in [5.41, 5.74) is 2.76. The van der Waals surface area contributed by atoms with Gasteiger partial charge in [0.05, 0.1) is 12.2 Å². The van der Waals surface area contributed by atoms with Gasteiger partial charge in [-0.1, -0.05) is 0 Å². The second-order valence-corrected chi connectivity index (χ2v) is 6.45. The Morgan fingerprint density at radius 1 is 1.12 bits per heavy atom. The van der Waals surface area contributed by atoms with E-state index in [4.69, 9.17) is 0 Å². The maximum absolute atomic E-state index is 12.3. The van der Waals surface area contributed by atoms with Crippen LogP contribution in [0.15, 0.2) is 12.1 Å². The first-order valence-corrected chi connectivity index (χ1v) is 8.32. The van der Waals surface area contributed by atoms with Crippen LogP contribution in [0.5, 0.6) is 0 Å². The van der Waals surface area contributed by atoms with Crippen LogP contribution in [0.25, 0.3) is 5.95 Å². The van der Waals surface area contributed by atoms with Gasteiger partial charge in [0.2, 0.25) is 5.91 Å². The van der Waals surface area contributed by atoms with E-state index < -0.39 is 0 Å². The van der Waals surface area contributed by atoms with Gasteiger partial charge in [-0.2, -0.15) is 10.1 Å². The monoisotopic (exact) mass is 328 g/mol. The Bertz CT molecular complexity index is 748. The first-order valence-electron chi connectivity index (χ1n) is 8.32. The van der Waals surface area contributed by atoms with Gasteiger partial charge in [-0.25, -0.2) is 9.67 Å². The Labute approximate surface area is 142 Å². The van der Waals surface area contributed by atoms with Crippen molar-refractivity contribution in [1.82, 2.24) is 24.6 Å². The van der Waals surface area contributed by atoms with Gasteiger partial charge in [0, 0.05) is 37.6 Å². The first-order chi connectivity index (χ1) is 11.4. The average molecular weight is 328 g/mol. The predicted octanol–water partition coefficient (Wildman–Crippen LogP) is 1.65. The second-order valence-electron chi connectivity index (χ2n) is 6.45. The number of hydrogen-bond donors (Lipinski definition) is 0. The molecule has 0 N–H and O–H groups in total. The van der Waals surface area contributed by atoms with E-state index in [0.29, 0.717) is 12.5 Å². The number of aromatic nitrogens is 4. The fraction of sp³-hybridized carbons (Fsp3) is 0.529. The highest BCUT2D eigenvalue weighted by Crippen LogP contribution is 2.16. The largest absolute Gasteiger partial charge is 0.350 e. The van der Waals surface area contributed by atoms with Crippen LogP contribution in [0.4, 0.5) is 5.82 Å². The summed E-state index contributed by atoms with van der Waals surface area (Å²) in [7, 11) is 1.89. The maximum Gasteiger partial charge on any atom is 0.252 e. The van der Waals surface area contributed by atoms with Gasteiger partial charge in [-0.05, 0) is 39.7 Å². The number of aryl methyl sites for hydroxylation is 3. The summed E-state index contributed by atoms with van der Waals surface area (Å²) in [5, 5.41) is 4.44. The summed E-state index contributed by atoms with van der Waals surface area (Å²) in [6.07, 6.45) is 2.20. The molecule has 0 spiro atoms. The molecular weight excluding hydrogens is 304 g/mol. The highest BCUT2D eigenvalue weighted by molar-refractivity contribution is 5.81. The molecule has 0 saturated carbocycles. The number of hydrogen-bond acceptors (Lipinski definition) is 5. The Kier molecular flexibility index (Phi) is 4.51. The van der Waals surface area contributed by atoms with Crippen molar-refractivity contribution in [3.8, 4) is 5.95 Å². The lowest BCUT2D eigenvalue weighted by atomic mass is 10.4. The van der Waals surface area contributed by atoms with Crippen molar-refractivity contribution in [2.45, 2.75) is 33.6 Å². The van der Waals surface area contributed by atoms with E-state index in [0.717, 1.165) is 48.8 Å². The summed E-state index contributed by atoms with van der Waals surface area (Å²) in [6.45, 7) is 7.91. The topological polar surface area (TPSA) is 67.2 Å². The molecule has 1 saturated heterocycles.